The molecule has 1 aromatic carbocycles. The number of H-pyrrole nitrogens is 1. The molecule has 0 fully saturated rings. The summed E-state index contributed by atoms with van der Waals surface area (Å²) >= 11 is 0. The van der Waals surface area contributed by atoms with Crippen LogP contribution in [0.2, 0.25) is 0 Å². The van der Waals surface area contributed by atoms with Crippen LogP contribution >= 0.6 is 0 Å². The van der Waals surface area contributed by atoms with Crippen molar-refractivity contribution in [2.45, 2.75) is 19.6 Å². The van der Waals surface area contributed by atoms with E-state index < -0.39 is 0 Å². The van der Waals surface area contributed by atoms with Gasteiger partial charge in [0.1, 0.15) is 5.65 Å². The molecule has 0 spiro atoms. The van der Waals surface area contributed by atoms with Crippen molar-refractivity contribution in [3.8, 4) is 11.1 Å². The van der Waals surface area contributed by atoms with Crippen molar-refractivity contribution in [2.24, 2.45) is 0 Å². The molecule has 5 nitrogen and oxygen atoms in total. The Bertz CT molecular complexity index is 1030. The number of benzene rings is 1. The SMILES string of the molecule is OCc1cccc(-c2c(CNCCc3ccncc3)[nH]c3ncccc23)c1. The van der Waals surface area contributed by atoms with Gasteiger partial charge in [-0.2, -0.15) is 0 Å². The monoisotopic (exact) mass is 358 g/mol. The van der Waals surface area contributed by atoms with E-state index in [0.717, 1.165) is 52.9 Å². The van der Waals surface area contributed by atoms with Gasteiger partial charge in [0.2, 0.25) is 0 Å². The van der Waals surface area contributed by atoms with Crippen molar-refractivity contribution in [1.82, 2.24) is 20.3 Å². The van der Waals surface area contributed by atoms with E-state index in [4.69, 9.17) is 0 Å². The fourth-order valence-corrected chi connectivity index (χ4v) is 3.36. The van der Waals surface area contributed by atoms with Crippen molar-refractivity contribution in [3.05, 3.63) is 83.9 Å². The molecule has 0 radical (unpaired) electrons. The minimum atomic E-state index is 0.0357. The second kappa shape index (κ2) is 8.12. The largest absolute Gasteiger partial charge is 0.392 e. The van der Waals surface area contributed by atoms with E-state index in [0.29, 0.717) is 0 Å². The normalized spacial score (nSPS) is 11.1. The van der Waals surface area contributed by atoms with E-state index in [1.165, 1.54) is 5.56 Å². The highest BCUT2D eigenvalue weighted by molar-refractivity contribution is 5.95. The topological polar surface area (TPSA) is 73.8 Å². The number of hydrogen-bond donors (Lipinski definition) is 3. The molecule has 0 atom stereocenters. The van der Waals surface area contributed by atoms with E-state index in [2.05, 4.69) is 32.4 Å². The Morgan fingerprint density at radius 1 is 0.963 bits per heavy atom. The summed E-state index contributed by atoms with van der Waals surface area (Å²) in [5.74, 6) is 0. The maximum Gasteiger partial charge on any atom is 0.138 e. The quantitative estimate of drug-likeness (QED) is 0.443. The van der Waals surface area contributed by atoms with Gasteiger partial charge >= 0.3 is 0 Å². The van der Waals surface area contributed by atoms with Crippen molar-refractivity contribution in [1.29, 1.82) is 0 Å². The molecule has 0 saturated carbocycles. The summed E-state index contributed by atoms with van der Waals surface area (Å²) in [4.78, 5) is 12.0. The van der Waals surface area contributed by atoms with Gasteiger partial charge in [-0.15, -0.1) is 0 Å². The van der Waals surface area contributed by atoms with Crippen LogP contribution < -0.4 is 5.32 Å². The number of aromatic amines is 1. The Morgan fingerprint density at radius 3 is 2.70 bits per heavy atom. The molecule has 0 aliphatic rings. The van der Waals surface area contributed by atoms with E-state index in [1.807, 2.05) is 48.8 Å². The smallest absolute Gasteiger partial charge is 0.138 e. The summed E-state index contributed by atoms with van der Waals surface area (Å²) in [7, 11) is 0. The molecule has 0 aliphatic carbocycles. The summed E-state index contributed by atoms with van der Waals surface area (Å²) < 4.78 is 0. The third-order valence-corrected chi connectivity index (χ3v) is 4.69. The van der Waals surface area contributed by atoms with Crippen LogP contribution in [0.25, 0.3) is 22.2 Å². The van der Waals surface area contributed by atoms with Crippen molar-refractivity contribution < 1.29 is 5.11 Å². The minimum absolute atomic E-state index is 0.0357. The molecule has 0 amide bonds. The number of fused-ring (bicyclic) bond motifs is 1. The molecule has 0 aliphatic heterocycles. The fraction of sp³-hybridized carbons (Fsp3) is 0.182. The molecule has 5 heteroatoms. The molecule has 0 unspecified atom stereocenters. The highest BCUT2D eigenvalue weighted by Gasteiger charge is 2.14. The van der Waals surface area contributed by atoms with Gasteiger partial charge in [-0.05, 0) is 60.0 Å². The molecule has 4 aromatic rings. The van der Waals surface area contributed by atoms with Gasteiger partial charge in [0.05, 0.1) is 6.61 Å². The summed E-state index contributed by atoms with van der Waals surface area (Å²) in [5, 5.41) is 14.1. The van der Waals surface area contributed by atoms with Gasteiger partial charge in [-0.25, -0.2) is 4.98 Å². The molecular formula is C22H22N4O. The molecule has 3 heterocycles. The number of nitrogens with zero attached hydrogens (tertiary/aromatic N) is 2. The molecule has 4 rings (SSSR count). The van der Waals surface area contributed by atoms with E-state index in [-0.39, 0.29) is 6.61 Å². The van der Waals surface area contributed by atoms with Crippen molar-refractivity contribution in [2.75, 3.05) is 6.54 Å². The van der Waals surface area contributed by atoms with Gasteiger partial charge in [0.15, 0.2) is 0 Å². The van der Waals surface area contributed by atoms with Gasteiger partial charge < -0.3 is 15.4 Å². The van der Waals surface area contributed by atoms with Gasteiger partial charge in [0.25, 0.3) is 0 Å². The first-order chi connectivity index (χ1) is 13.3. The molecular weight excluding hydrogens is 336 g/mol. The zero-order chi connectivity index (χ0) is 18.5. The average molecular weight is 358 g/mol. The lowest BCUT2D eigenvalue weighted by atomic mass is 10.0. The summed E-state index contributed by atoms with van der Waals surface area (Å²) in [6.45, 7) is 1.64. The Labute approximate surface area is 158 Å². The van der Waals surface area contributed by atoms with Crippen LogP contribution in [0.5, 0.6) is 0 Å². The molecule has 3 aromatic heterocycles. The second-order valence-corrected chi connectivity index (χ2v) is 6.52. The number of nitrogens with one attached hydrogen (secondary N) is 2. The van der Waals surface area contributed by atoms with Gasteiger partial charge in [-0.1, -0.05) is 18.2 Å². The molecule has 27 heavy (non-hydrogen) atoms. The van der Waals surface area contributed by atoms with Crippen LogP contribution in [0.1, 0.15) is 16.8 Å². The maximum absolute atomic E-state index is 9.49. The Morgan fingerprint density at radius 2 is 1.85 bits per heavy atom. The van der Waals surface area contributed by atoms with Crippen LogP contribution in [-0.4, -0.2) is 26.6 Å². The Balaban J connectivity index is 1.58. The van der Waals surface area contributed by atoms with Gasteiger partial charge in [0, 0.05) is 41.8 Å². The second-order valence-electron chi connectivity index (χ2n) is 6.52. The number of rotatable bonds is 7. The van der Waals surface area contributed by atoms with Gasteiger partial charge in [-0.3, -0.25) is 4.98 Å². The first-order valence-electron chi connectivity index (χ1n) is 9.10. The predicted octanol–water partition coefficient (Wildman–Crippen LogP) is 3.45. The third kappa shape index (κ3) is 3.89. The van der Waals surface area contributed by atoms with E-state index in [1.54, 1.807) is 6.20 Å². The van der Waals surface area contributed by atoms with E-state index >= 15 is 0 Å². The highest BCUT2D eigenvalue weighted by atomic mass is 16.3. The number of aliphatic hydroxyl groups is 1. The lowest BCUT2D eigenvalue weighted by Gasteiger charge is -2.08. The molecule has 136 valence electrons. The van der Waals surface area contributed by atoms with Crippen LogP contribution in [0.4, 0.5) is 0 Å². The fourth-order valence-electron chi connectivity index (χ4n) is 3.36. The lowest BCUT2D eigenvalue weighted by Crippen LogP contribution is -2.17. The first-order valence-corrected chi connectivity index (χ1v) is 9.10. The summed E-state index contributed by atoms with van der Waals surface area (Å²) in [6, 6.07) is 16.2. The third-order valence-electron chi connectivity index (χ3n) is 4.69. The zero-order valence-corrected chi connectivity index (χ0v) is 15.0. The molecule has 0 saturated heterocycles. The molecule has 0 bridgehead atoms. The van der Waals surface area contributed by atoms with Crippen molar-refractivity contribution >= 4 is 11.0 Å². The summed E-state index contributed by atoms with van der Waals surface area (Å²) in [6.07, 6.45) is 6.40. The molecule has 3 N–H and O–H groups in total. The average Bonchev–Trinajstić information content (AvgIpc) is 3.10. The zero-order valence-electron chi connectivity index (χ0n) is 15.0. The minimum Gasteiger partial charge on any atom is -0.392 e. The lowest BCUT2D eigenvalue weighted by molar-refractivity contribution is 0.282. The van der Waals surface area contributed by atoms with Crippen LogP contribution in [-0.2, 0) is 19.6 Å². The number of aliphatic hydroxyl groups excluding tert-OH is 1. The van der Waals surface area contributed by atoms with Crippen molar-refractivity contribution in [3.63, 3.8) is 0 Å². The predicted molar refractivity (Wildman–Crippen MR) is 107 cm³/mol. The maximum atomic E-state index is 9.49. The first kappa shape index (κ1) is 17.4. The van der Waals surface area contributed by atoms with Crippen LogP contribution in [0, 0.1) is 0 Å². The Hall–Kier alpha value is -3.02. The number of aromatic nitrogens is 3. The standard InChI is InChI=1S/C22H22N4O/c27-15-17-3-1-4-18(13-17)21-19-5-2-9-25-22(19)26-20(21)14-24-12-8-16-6-10-23-11-7-16/h1-7,9-11,13,24,27H,8,12,14-15H2,(H,25,26). The van der Waals surface area contributed by atoms with Crippen LogP contribution in [0.15, 0.2) is 67.1 Å². The van der Waals surface area contributed by atoms with Crippen LogP contribution in [0.3, 0.4) is 0 Å². The Kier molecular flexibility index (Phi) is 5.23. The highest BCUT2D eigenvalue weighted by Crippen LogP contribution is 2.32. The number of pyridine rings is 2. The summed E-state index contributed by atoms with van der Waals surface area (Å²) in [5.41, 5.74) is 6.40. The van der Waals surface area contributed by atoms with E-state index in [9.17, 15) is 5.11 Å². The number of hydrogen-bond acceptors (Lipinski definition) is 4.